The fourth-order valence-electron chi connectivity index (χ4n) is 5.84. The lowest BCUT2D eigenvalue weighted by molar-refractivity contribution is -0.125. The Labute approximate surface area is 224 Å². The van der Waals surface area contributed by atoms with E-state index in [2.05, 4.69) is 27.2 Å². The number of benzene rings is 1. The van der Waals surface area contributed by atoms with Crippen molar-refractivity contribution >= 4 is 22.6 Å². The number of unbranched alkanes of at least 4 members (excludes halogenated alkanes) is 2. The van der Waals surface area contributed by atoms with Gasteiger partial charge in [-0.25, -0.2) is 4.98 Å². The summed E-state index contributed by atoms with van der Waals surface area (Å²) in [4.78, 5) is 36.3. The molecule has 2 atom stereocenters. The maximum Gasteiger partial charge on any atom is 0.224 e. The van der Waals surface area contributed by atoms with Gasteiger partial charge in [0.1, 0.15) is 17.6 Å². The average Bonchev–Trinajstić information content (AvgIpc) is 3.43. The van der Waals surface area contributed by atoms with Crippen LogP contribution in [0.3, 0.4) is 0 Å². The Bertz CT molecular complexity index is 1330. The number of fused-ring (bicyclic) bond motifs is 1. The molecule has 3 heterocycles. The molecule has 2 unspecified atom stereocenters. The Balaban J connectivity index is 1.33. The Morgan fingerprint density at radius 2 is 2.05 bits per heavy atom. The van der Waals surface area contributed by atoms with Gasteiger partial charge >= 0.3 is 0 Å². The molecule has 1 spiro atoms. The number of rotatable bonds is 12. The molecule has 1 aliphatic heterocycles. The van der Waals surface area contributed by atoms with E-state index in [1.54, 1.807) is 13.3 Å². The molecular formula is C30H38N4O4. The quantitative estimate of drug-likeness (QED) is 0.327. The Morgan fingerprint density at radius 3 is 2.79 bits per heavy atom. The van der Waals surface area contributed by atoms with Crippen molar-refractivity contribution in [3.63, 3.8) is 0 Å². The van der Waals surface area contributed by atoms with Crippen LogP contribution in [-0.4, -0.2) is 53.8 Å². The first-order valence-electron chi connectivity index (χ1n) is 13.7. The predicted octanol–water partition coefficient (Wildman–Crippen LogP) is 5.25. The number of oxazole rings is 1. The number of Topliss-reactive ketones (excluding diaryl/α,β-unsaturated/α-hetero) is 1. The lowest BCUT2D eigenvalue weighted by atomic mass is 9.94. The summed E-state index contributed by atoms with van der Waals surface area (Å²) < 4.78 is 11.9. The minimum absolute atomic E-state index is 0.0642. The number of carbonyl (C=O) groups excluding carboxylic acids is 2. The molecule has 2 aliphatic rings. The molecule has 0 bridgehead atoms. The molecule has 1 aromatic carbocycles. The first-order chi connectivity index (χ1) is 18.3. The smallest absolute Gasteiger partial charge is 0.224 e. The molecule has 8 heteroatoms. The zero-order chi connectivity index (χ0) is 26.9. The molecule has 1 saturated heterocycles. The highest BCUT2D eigenvalue weighted by molar-refractivity contribution is 5.87. The van der Waals surface area contributed by atoms with Crippen LogP contribution in [0.1, 0.15) is 69.5 Å². The number of hydrogen-bond acceptors (Lipinski definition) is 7. The number of likely N-dealkylation sites (tertiary alicyclic amines) is 1. The molecule has 38 heavy (non-hydrogen) atoms. The summed E-state index contributed by atoms with van der Waals surface area (Å²) in [5, 5.41) is 4.24. The number of aryl methyl sites for hydroxylation is 1. The van der Waals surface area contributed by atoms with Gasteiger partial charge < -0.3 is 19.4 Å². The van der Waals surface area contributed by atoms with Crippen molar-refractivity contribution in [2.45, 2.75) is 64.8 Å². The van der Waals surface area contributed by atoms with E-state index in [9.17, 15) is 9.59 Å². The zero-order valence-electron chi connectivity index (χ0n) is 22.9. The molecular weight excluding hydrogens is 480 g/mol. The fourth-order valence-corrected chi connectivity index (χ4v) is 5.84. The molecule has 1 aliphatic carbocycles. The van der Waals surface area contributed by atoms with Gasteiger partial charge in [0, 0.05) is 54.4 Å². The minimum Gasteiger partial charge on any atom is -0.496 e. The molecule has 2 aromatic heterocycles. The second kappa shape index (κ2) is 10.8. The summed E-state index contributed by atoms with van der Waals surface area (Å²) >= 11 is 0. The number of pyridine rings is 1. The number of nitrogens with one attached hydrogen (secondary N) is 1. The van der Waals surface area contributed by atoms with E-state index in [0.29, 0.717) is 42.4 Å². The number of ketones is 1. The fraction of sp³-hybridized carbons (Fsp3) is 0.533. The minimum atomic E-state index is -0.315. The van der Waals surface area contributed by atoms with Gasteiger partial charge in [-0.15, -0.1) is 0 Å². The number of aromatic nitrogens is 2. The SMILES string of the molecule is CCC(=O)CCCCCC(NC(=O)C1CC12CN(C)C2)c1ncc(-c2cc3ccc(C)nc3cc2OC)o1. The molecule has 5 rings (SSSR count). The Kier molecular flexibility index (Phi) is 7.52. The van der Waals surface area contributed by atoms with Crippen LogP contribution in [0.25, 0.3) is 22.2 Å². The summed E-state index contributed by atoms with van der Waals surface area (Å²) in [5.74, 6) is 2.21. The molecule has 1 N–H and O–H groups in total. The standard InChI is InChI=1S/C30H38N4O4/c1-5-21(35)9-7-6-8-10-24(33-28(36)23-15-30(23)17-34(3)18-30)29-31-16-27(38-29)22-13-20-12-11-19(2)32-25(20)14-26(22)37-4/h11-14,16,23-24H,5-10,15,17-18H2,1-4H3,(H,33,36). The van der Waals surface area contributed by atoms with Crippen molar-refractivity contribution < 1.29 is 18.7 Å². The third-order valence-corrected chi connectivity index (χ3v) is 8.07. The maximum atomic E-state index is 13.2. The zero-order valence-corrected chi connectivity index (χ0v) is 22.9. The summed E-state index contributed by atoms with van der Waals surface area (Å²) in [6.45, 7) is 5.84. The number of nitrogens with zero attached hydrogens (tertiary/aromatic N) is 3. The van der Waals surface area contributed by atoms with Crippen LogP contribution in [0.4, 0.5) is 0 Å². The van der Waals surface area contributed by atoms with Gasteiger partial charge in [0.15, 0.2) is 5.76 Å². The molecule has 3 aromatic rings. The molecule has 1 saturated carbocycles. The Morgan fingerprint density at radius 1 is 1.24 bits per heavy atom. The van der Waals surface area contributed by atoms with Crippen LogP contribution in [0.5, 0.6) is 5.75 Å². The van der Waals surface area contributed by atoms with Crippen LogP contribution in [0.15, 0.2) is 34.9 Å². The van der Waals surface area contributed by atoms with Crippen molar-refractivity contribution in [1.82, 2.24) is 20.2 Å². The van der Waals surface area contributed by atoms with E-state index < -0.39 is 0 Å². The molecule has 202 valence electrons. The van der Waals surface area contributed by atoms with E-state index in [0.717, 1.165) is 60.9 Å². The van der Waals surface area contributed by atoms with Crippen molar-refractivity contribution in [2.24, 2.45) is 11.3 Å². The second-order valence-corrected chi connectivity index (χ2v) is 11.1. The van der Waals surface area contributed by atoms with Crippen LogP contribution in [0, 0.1) is 18.3 Å². The van der Waals surface area contributed by atoms with E-state index in [4.69, 9.17) is 9.15 Å². The maximum absolute atomic E-state index is 13.2. The summed E-state index contributed by atoms with van der Waals surface area (Å²) in [7, 11) is 3.73. The summed E-state index contributed by atoms with van der Waals surface area (Å²) in [6.07, 6.45) is 7.24. The van der Waals surface area contributed by atoms with Crippen LogP contribution >= 0.6 is 0 Å². The van der Waals surface area contributed by atoms with Crippen LogP contribution < -0.4 is 10.1 Å². The van der Waals surface area contributed by atoms with Crippen molar-refractivity contribution in [1.29, 1.82) is 0 Å². The van der Waals surface area contributed by atoms with E-state index in [-0.39, 0.29) is 23.3 Å². The third kappa shape index (κ3) is 5.46. The van der Waals surface area contributed by atoms with Crippen molar-refractivity contribution in [3.8, 4) is 17.1 Å². The topological polar surface area (TPSA) is 97.6 Å². The highest BCUT2D eigenvalue weighted by atomic mass is 16.5. The number of amides is 1. The summed E-state index contributed by atoms with van der Waals surface area (Å²) in [5.41, 5.74) is 2.76. The third-order valence-electron chi connectivity index (χ3n) is 8.07. The highest BCUT2D eigenvalue weighted by Gasteiger charge is 2.63. The van der Waals surface area contributed by atoms with E-state index in [1.165, 1.54) is 0 Å². The highest BCUT2D eigenvalue weighted by Crippen LogP contribution is 2.58. The van der Waals surface area contributed by atoms with Crippen LogP contribution in [0.2, 0.25) is 0 Å². The van der Waals surface area contributed by atoms with Gasteiger partial charge in [-0.05, 0) is 45.4 Å². The lowest BCUT2D eigenvalue weighted by Crippen LogP contribution is -2.48. The normalized spacial score (nSPS) is 18.8. The first-order valence-corrected chi connectivity index (χ1v) is 13.7. The van der Waals surface area contributed by atoms with Gasteiger partial charge in [-0.1, -0.05) is 25.8 Å². The lowest BCUT2D eigenvalue weighted by Gasteiger charge is -2.37. The number of carbonyl (C=O) groups is 2. The molecule has 1 amide bonds. The second-order valence-electron chi connectivity index (χ2n) is 11.1. The number of hydrogen-bond donors (Lipinski definition) is 1. The number of methoxy groups -OCH3 is 1. The molecule has 8 nitrogen and oxygen atoms in total. The monoisotopic (exact) mass is 518 g/mol. The van der Waals surface area contributed by atoms with Gasteiger partial charge in [-0.2, -0.15) is 0 Å². The van der Waals surface area contributed by atoms with E-state index in [1.807, 2.05) is 38.1 Å². The van der Waals surface area contributed by atoms with Crippen molar-refractivity contribution in [2.75, 3.05) is 27.2 Å². The number of ether oxygens (including phenoxy) is 1. The van der Waals surface area contributed by atoms with Gasteiger partial charge in [-0.3, -0.25) is 14.6 Å². The summed E-state index contributed by atoms with van der Waals surface area (Å²) in [6, 6.07) is 7.62. The predicted molar refractivity (Wildman–Crippen MR) is 146 cm³/mol. The Hall–Kier alpha value is -3.26. The first kappa shape index (κ1) is 26.4. The van der Waals surface area contributed by atoms with Gasteiger partial charge in [0.25, 0.3) is 0 Å². The van der Waals surface area contributed by atoms with E-state index >= 15 is 0 Å². The molecule has 0 radical (unpaired) electrons. The van der Waals surface area contributed by atoms with Crippen molar-refractivity contribution in [3.05, 3.63) is 42.0 Å². The van der Waals surface area contributed by atoms with Gasteiger partial charge in [0.2, 0.25) is 11.8 Å². The van der Waals surface area contributed by atoms with Crippen LogP contribution in [-0.2, 0) is 9.59 Å². The average molecular weight is 519 g/mol. The van der Waals surface area contributed by atoms with Gasteiger partial charge in [0.05, 0.1) is 24.4 Å². The molecule has 2 fully saturated rings. The largest absolute Gasteiger partial charge is 0.496 e.